The fourth-order valence-electron chi connectivity index (χ4n) is 3.54. The number of carbonyl (C=O) groups is 3. The number of benzene rings is 1. The van der Waals surface area contributed by atoms with Crippen molar-refractivity contribution in [2.75, 3.05) is 6.61 Å². The van der Waals surface area contributed by atoms with Gasteiger partial charge in [0.25, 0.3) is 0 Å². The van der Waals surface area contributed by atoms with Crippen LogP contribution in [-0.4, -0.2) is 34.2 Å². The van der Waals surface area contributed by atoms with Gasteiger partial charge < -0.3 is 9.64 Å². The molecule has 1 aromatic heterocycles. The molecule has 2 aliphatic rings. The van der Waals surface area contributed by atoms with E-state index in [-0.39, 0.29) is 24.9 Å². The number of pyridine rings is 1. The summed E-state index contributed by atoms with van der Waals surface area (Å²) in [6, 6.07) is 9.34. The minimum Gasteiger partial charge on any atom is -0.465 e. The van der Waals surface area contributed by atoms with E-state index < -0.39 is 17.8 Å². The van der Waals surface area contributed by atoms with Crippen LogP contribution in [0.4, 0.5) is 0 Å². The molecule has 0 saturated carbocycles. The van der Waals surface area contributed by atoms with Crippen LogP contribution in [0.3, 0.4) is 0 Å². The average Bonchev–Trinajstić information content (AvgIpc) is 2.91. The first kappa shape index (κ1) is 14.8. The number of carbonyl (C=O) groups excluding carboxylic acids is 3. The first-order chi connectivity index (χ1) is 11.6. The maximum absolute atomic E-state index is 12.7. The molecular weight excluding hydrogens is 308 g/mol. The Labute approximate surface area is 138 Å². The number of hydrogen-bond acceptors (Lipinski definition) is 5. The number of nitrogens with zero attached hydrogens (tertiary/aromatic N) is 2. The SMILES string of the molecule is CCOC(=O)[C@H]1C(=O)C[C@@H]2c3nc4ccccc4cc3CN2C1=O. The number of rotatable bonds is 2. The second kappa shape index (κ2) is 5.40. The van der Waals surface area contributed by atoms with E-state index in [0.29, 0.717) is 6.54 Å². The average molecular weight is 324 g/mol. The van der Waals surface area contributed by atoms with Crippen molar-refractivity contribution in [1.82, 2.24) is 9.88 Å². The van der Waals surface area contributed by atoms with Gasteiger partial charge in [0.1, 0.15) is 0 Å². The van der Waals surface area contributed by atoms with Crippen LogP contribution >= 0.6 is 0 Å². The normalized spacial score (nSPS) is 22.5. The van der Waals surface area contributed by atoms with Gasteiger partial charge >= 0.3 is 5.97 Å². The van der Waals surface area contributed by atoms with Crippen LogP contribution in [0.15, 0.2) is 30.3 Å². The zero-order valence-corrected chi connectivity index (χ0v) is 13.2. The molecule has 1 saturated heterocycles. The van der Waals surface area contributed by atoms with Gasteiger partial charge in [0, 0.05) is 18.4 Å². The summed E-state index contributed by atoms with van der Waals surface area (Å²) >= 11 is 0. The van der Waals surface area contributed by atoms with Crippen LogP contribution in [0.1, 0.15) is 30.6 Å². The Morgan fingerprint density at radius 3 is 2.92 bits per heavy atom. The Hall–Kier alpha value is -2.76. The minimum atomic E-state index is -1.33. The lowest BCUT2D eigenvalue weighted by molar-refractivity contribution is -0.163. The zero-order chi connectivity index (χ0) is 16.8. The molecule has 0 radical (unpaired) electrons. The molecule has 1 fully saturated rings. The van der Waals surface area contributed by atoms with Crippen molar-refractivity contribution in [1.29, 1.82) is 0 Å². The van der Waals surface area contributed by atoms with Crippen molar-refractivity contribution >= 4 is 28.6 Å². The Kier molecular flexibility index (Phi) is 3.33. The number of Topliss-reactive ketones (excluding diaryl/α,β-unsaturated/α-hetero) is 1. The summed E-state index contributed by atoms with van der Waals surface area (Å²) in [5, 5.41) is 0.997. The highest BCUT2D eigenvalue weighted by atomic mass is 16.5. The highest BCUT2D eigenvalue weighted by Crippen LogP contribution is 2.41. The molecule has 1 aromatic carbocycles. The summed E-state index contributed by atoms with van der Waals surface area (Å²) in [5.74, 6) is -2.94. The number of aromatic nitrogens is 1. The summed E-state index contributed by atoms with van der Waals surface area (Å²) in [6.45, 7) is 2.17. The van der Waals surface area contributed by atoms with Crippen LogP contribution in [0.5, 0.6) is 0 Å². The van der Waals surface area contributed by atoms with Gasteiger partial charge in [0.2, 0.25) is 5.91 Å². The molecule has 4 rings (SSSR count). The highest BCUT2D eigenvalue weighted by molar-refractivity contribution is 6.18. The van der Waals surface area contributed by atoms with Gasteiger partial charge in [0.15, 0.2) is 11.7 Å². The van der Waals surface area contributed by atoms with E-state index in [1.807, 2.05) is 30.3 Å². The summed E-state index contributed by atoms with van der Waals surface area (Å²) in [7, 11) is 0. The first-order valence-electron chi connectivity index (χ1n) is 7.98. The molecule has 2 atom stereocenters. The van der Waals surface area contributed by atoms with Crippen LogP contribution in [-0.2, 0) is 25.7 Å². The maximum Gasteiger partial charge on any atom is 0.326 e. The zero-order valence-electron chi connectivity index (χ0n) is 13.2. The third kappa shape index (κ3) is 2.10. The third-order valence-corrected chi connectivity index (χ3v) is 4.64. The van der Waals surface area contributed by atoms with Crippen molar-refractivity contribution in [3.8, 4) is 0 Å². The molecule has 6 nitrogen and oxygen atoms in total. The van der Waals surface area contributed by atoms with Crippen molar-refractivity contribution in [3.63, 3.8) is 0 Å². The van der Waals surface area contributed by atoms with Crippen molar-refractivity contribution < 1.29 is 19.1 Å². The van der Waals surface area contributed by atoms with E-state index in [9.17, 15) is 14.4 Å². The molecule has 6 heteroatoms. The van der Waals surface area contributed by atoms with Gasteiger partial charge in [-0.05, 0) is 24.6 Å². The van der Waals surface area contributed by atoms with E-state index in [4.69, 9.17) is 4.74 Å². The molecule has 0 unspecified atom stereocenters. The third-order valence-electron chi connectivity index (χ3n) is 4.64. The lowest BCUT2D eigenvalue weighted by Crippen LogP contribution is -2.48. The summed E-state index contributed by atoms with van der Waals surface area (Å²) < 4.78 is 4.89. The molecular formula is C18H16N2O4. The number of fused-ring (bicyclic) bond motifs is 4. The number of hydrogen-bond donors (Lipinski definition) is 0. The van der Waals surface area contributed by atoms with E-state index in [0.717, 1.165) is 22.2 Å². The van der Waals surface area contributed by atoms with E-state index >= 15 is 0 Å². The van der Waals surface area contributed by atoms with Crippen LogP contribution in [0.25, 0.3) is 10.9 Å². The first-order valence-corrected chi connectivity index (χ1v) is 7.98. The molecule has 2 aromatic rings. The van der Waals surface area contributed by atoms with Gasteiger partial charge in [-0.25, -0.2) is 0 Å². The summed E-state index contributed by atoms with van der Waals surface area (Å²) in [5.41, 5.74) is 2.53. The Morgan fingerprint density at radius 1 is 1.33 bits per heavy atom. The largest absolute Gasteiger partial charge is 0.465 e. The molecule has 0 aliphatic carbocycles. The van der Waals surface area contributed by atoms with E-state index in [2.05, 4.69) is 4.98 Å². The maximum atomic E-state index is 12.7. The highest BCUT2D eigenvalue weighted by Gasteiger charge is 2.49. The van der Waals surface area contributed by atoms with E-state index in [1.54, 1.807) is 11.8 Å². The quantitative estimate of drug-likeness (QED) is 0.621. The van der Waals surface area contributed by atoms with Crippen LogP contribution < -0.4 is 0 Å². The number of ketones is 1. The molecule has 3 heterocycles. The van der Waals surface area contributed by atoms with Gasteiger partial charge in [-0.1, -0.05) is 18.2 Å². The molecule has 0 N–H and O–H groups in total. The summed E-state index contributed by atoms with van der Waals surface area (Å²) in [4.78, 5) is 43.2. The second-order valence-electron chi connectivity index (χ2n) is 6.06. The number of piperidine rings is 1. The second-order valence-corrected chi connectivity index (χ2v) is 6.06. The Balaban J connectivity index is 1.72. The van der Waals surface area contributed by atoms with Gasteiger partial charge in [0.05, 0.1) is 23.9 Å². The van der Waals surface area contributed by atoms with Crippen molar-refractivity contribution in [3.05, 3.63) is 41.6 Å². The molecule has 1 amide bonds. The minimum absolute atomic E-state index is 0.105. The lowest BCUT2D eigenvalue weighted by atomic mass is 9.90. The fraction of sp³-hybridized carbons (Fsp3) is 0.333. The number of esters is 1. The van der Waals surface area contributed by atoms with Crippen molar-refractivity contribution in [2.45, 2.75) is 25.9 Å². The topological polar surface area (TPSA) is 76.6 Å². The number of amides is 1. The Bertz CT molecular complexity index is 876. The van der Waals surface area contributed by atoms with Gasteiger partial charge in [-0.15, -0.1) is 0 Å². The molecule has 0 bridgehead atoms. The lowest BCUT2D eigenvalue weighted by Gasteiger charge is -2.32. The molecule has 24 heavy (non-hydrogen) atoms. The monoisotopic (exact) mass is 324 g/mol. The number of para-hydroxylation sites is 1. The van der Waals surface area contributed by atoms with Crippen LogP contribution in [0.2, 0.25) is 0 Å². The predicted molar refractivity (Wildman–Crippen MR) is 84.8 cm³/mol. The summed E-state index contributed by atoms with van der Waals surface area (Å²) in [6.07, 6.45) is 0.105. The number of ether oxygens (including phenoxy) is 1. The Morgan fingerprint density at radius 2 is 2.12 bits per heavy atom. The van der Waals surface area contributed by atoms with E-state index in [1.165, 1.54) is 0 Å². The fourth-order valence-corrected chi connectivity index (χ4v) is 3.54. The van der Waals surface area contributed by atoms with Crippen molar-refractivity contribution in [2.24, 2.45) is 5.92 Å². The van der Waals surface area contributed by atoms with Gasteiger partial charge in [-0.2, -0.15) is 0 Å². The van der Waals surface area contributed by atoms with Crippen LogP contribution in [0, 0.1) is 5.92 Å². The van der Waals surface area contributed by atoms with Gasteiger partial charge in [-0.3, -0.25) is 19.4 Å². The molecule has 0 spiro atoms. The smallest absolute Gasteiger partial charge is 0.326 e. The predicted octanol–water partition coefficient (Wildman–Crippen LogP) is 1.77. The standard InChI is InChI=1S/C18H16N2O4/c1-2-24-18(23)15-14(21)8-13-16-11(9-20(13)17(15)22)7-10-5-3-4-6-12(10)19-16/h3-7,13,15H,2,8-9H2,1H3/t13-,15+/m1/s1. The molecule has 2 aliphatic heterocycles. The molecule has 122 valence electrons.